The Bertz CT molecular complexity index is 844. The first-order valence-corrected chi connectivity index (χ1v) is 9.65. The third-order valence-corrected chi connectivity index (χ3v) is 5.40. The van der Waals surface area contributed by atoms with Crippen molar-refractivity contribution in [1.82, 2.24) is 10.6 Å². The van der Waals surface area contributed by atoms with Crippen molar-refractivity contribution in [2.24, 2.45) is 0 Å². The van der Waals surface area contributed by atoms with E-state index in [4.69, 9.17) is 0 Å². The molecule has 1 aliphatic carbocycles. The normalized spacial score (nSPS) is 14.6. The summed E-state index contributed by atoms with van der Waals surface area (Å²) >= 11 is 0. The summed E-state index contributed by atoms with van der Waals surface area (Å²) in [6.45, 7) is 2.64. The van der Waals surface area contributed by atoms with Crippen molar-refractivity contribution >= 4 is 18.3 Å². The summed E-state index contributed by atoms with van der Waals surface area (Å²) in [5.41, 5.74) is 8.26. The molecule has 0 spiro atoms. The molecule has 1 amide bonds. The number of benzene rings is 2. The average molecular weight is 383 g/mol. The zero-order valence-corrected chi connectivity index (χ0v) is 16.4. The van der Waals surface area contributed by atoms with Crippen LogP contribution in [0.1, 0.15) is 36.0 Å². The van der Waals surface area contributed by atoms with Crippen LogP contribution in [-0.2, 0) is 17.6 Å². The number of hydrogen-bond acceptors (Lipinski definition) is 2. The Morgan fingerprint density at radius 2 is 1.93 bits per heavy atom. The van der Waals surface area contributed by atoms with Crippen molar-refractivity contribution in [3.05, 3.63) is 70.8 Å². The minimum Gasteiger partial charge on any atom is -0.352 e. The standard InChI is InChI=1S/C23H26N2O.ClH/c26-23(25-16-18-10-12-24-13-11-18)7-3-4-17-8-9-20-15-19-5-1-2-6-21(19)22(20)14-17;/h1-2,5-6,8-10,14,24H,3-4,7,11-13,15-16H2,(H,25,26);1H. The third kappa shape index (κ3) is 4.79. The minimum absolute atomic E-state index is 0. The number of fused-ring (bicyclic) bond motifs is 3. The molecule has 2 N–H and O–H groups in total. The highest BCUT2D eigenvalue weighted by Crippen LogP contribution is 2.36. The van der Waals surface area contributed by atoms with E-state index in [-0.39, 0.29) is 18.3 Å². The lowest BCUT2D eigenvalue weighted by Crippen LogP contribution is -2.29. The number of amides is 1. The van der Waals surface area contributed by atoms with Crippen molar-refractivity contribution < 1.29 is 4.79 Å². The molecule has 4 rings (SSSR count). The van der Waals surface area contributed by atoms with Crippen LogP contribution in [0, 0.1) is 0 Å². The molecular formula is C23H27ClN2O. The monoisotopic (exact) mass is 382 g/mol. The highest BCUT2D eigenvalue weighted by Gasteiger charge is 2.17. The summed E-state index contributed by atoms with van der Waals surface area (Å²) in [6, 6.07) is 15.5. The lowest BCUT2D eigenvalue weighted by atomic mass is 10.00. The topological polar surface area (TPSA) is 41.1 Å². The van der Waals surface area contributed by atoms with Gasteiger partial charge in [0.2, 0.25) is 5.91 Å². The molecular weight excluding hydrogens is 356 g/mol. The van der Waals surface area contributed by atoms with E-state index in [1.54, 1.807) is 0 Å². The van der Waals surface area contributed by atoms with Crippen LogP contribution in [0.4, 0.5) is 0 Å². The molecule has 2 aliphatic rings. The van der Waals surface area contributed by atoms with Gasteiger partial charge in [0.15, 0.2) is 0 Å². The summed E-state index contributed by atoms with van der Waals surface area (Å²) in [4.78, 5) is 12.1. The van der Waals surface area contributed by atoms with Gasteiger partial charge < -0.3 is 10.6 Å². The van der Waals surface area contributed by atoms with Crippen LogP contribution in [0.2, 0.25) is 0 Å². The maximum Gasteiger partial charge on any atom is 0.220 e. The van der Waals surface area contributed by atoms with Gasteiger partial charge in [-0.05, 0) is 60.0 Å². The smallest absolute Gasteiger partial charge is 0.220 e. The van der Waals surface area contributed by atoms with Gasteiger partial charge in [0.1, 0.15) is 0 Å². The van der Waals surface area contributed by atoms with Gasteiger partial charge >= 0.3 is 0 Å². The van der Waals surface area contributed by atoms with E-state index in [1.807, 2.05) is 0 Å². The second-order valence-corrected chi connectivity index (χ2v) is 7.27. The number of rotatable bonds is 6. The summed E-state index contributed by atoms with van der Waals surface area (Å²) < 4.78 is 0. The fraction of sp³-hybridized carbons (Fsp3) is 0.348. The quantitative estimate of drug-likeness (QED) is 0.632. The molecule has 0 saturated heterocycles. The second-order valence-electron chi connectivity index (χ2n) is 7.27. The van der Waals surface area contributed by atoms with Crippen molar-refractivity contribution in [2.75, 3.05) is 19.6 Å². The Morgan fingerprint density at radius 1 is 1.07 bits per heavy atom. The van der Waals surface area contributed by atoms with Crippen LogP contribution in [0.5, 0.6) is 0 Å². The lowest BCUT2D eigenvalue weighted by molar-refractivity contribution is -0.121. The molecule has 0 atom stereocenters. The number of carbonyl (C=O) groups is 1. The van der Waals surface area contributed by atoms with Crippen LogP contribution >= 0.6 is 12.4 Å². The van der Waals surface area contributed by atoms with Gasteiger partial charge in [0.05, 0.1) is 0 Å². The summed E-state index contributed by atoms with van der Waals surface area (Å²) in [6.07, 6.45) is 6.71. The van der Waals surface area contributed by atoms with E-state index < -0.39 is 0 Å². The van der Waals surface area contributed by atoms with Crippen LogP contribution < -0.4 is 10.6 Å². The highest BCUT2D eigenvalue weighted by atomic mass is 35.5. The van der Waals surface area contributed by atoms with Crippen molar-refractivity contribution in [1.29, 1.82) is 0 Å². The zero-order chi connectivity index (χ0) is 17.8. The van der Waals surface area contributed by atoms with Gasteiger partial charge in [0.25, 0.3) is 0 Å². The number of carbonyl (C=O) groups excluding carboxylic acids is 1. The van der Waals surface area contributed by atoms with E-state index in [2.05, 4.69) is 59.2 Å². The number of aryl methyl sites for hydroxylation is 1. The summed E-state index contributed by atoms with van der Waals surface area (Å²) in [5.74, 6) is 0.163. The first-order valence-electron chi connectivity index (χ1n) is 9.65. The molecule has 142 valence electrons. The maximum absolute atomic E-state index is 12.1. The van der Waals surface area contributed by atoms with Crippen LogP contribution in [-0.4, -0.2) is 25.5 Å². The van der Waals surface area contributed by atoms with E-state index in [9.17, 15) is 4.79 Å². The predicted octanol–water partition coefficient (Wildman–Crippen LogP) is 4.04. The Hall–Kier alpha value is -2.10. The molecule has 3 nitrogen and oxygen atoms in total. The lowest BCUT2D eigenvalue weighted by Gasteiger charge is -2.14. The van der Waals surface area contributed by atoms with Gasteiger partial charge in [-0.2, -0.15) is 0 Å². The number of nitrogens with one attached hydrogen (secondary N) is 2. The average Bonchev–Trinajstić information content (AvgIpc) is 3.05. The molecule has 2 aromatic rings. The summed E-state index contributed by atoms with van der Waals surface area (Å²) in [7, 11) is 0. The van der Waals surface area contributed by atoms with Crippen LogP contribution in [0.25, 0.3) is 11.1 Å². The number of halogens is 1. The fourth-order valence-corrected chi connectivity index (χ4v) is 3.91. The Morgan fingerprint density at radius 3 is 2.78 bits per heavy atom. The van der Waals surface area contributed by atoms with E-state index in [0.717, 1.165) is 38.8 Å². The predicted molar refractivity (Wildman–Crippen MR) is 113 cm³/mol. The number of hydrogen-bond donors (Lipinski definition) is 2. The first kappa shape index (κ1) is 19.7. The molecule has 1 aliphatic heterocycles. The van der Waals surface area contributed by atoms with Crippen molar-refractivity contribution in [3.8, 4) is 11.1 Å². The largest absolute Gasteiger partial charge is 0.352 e. The molecule has 0 unspecified atom stereocenters. The molecule has 0 aromatic heterocycles. The van der Waals surface area contributed by atoms with Gasteiger partial charge in [0, 0.05) is 19.5 Å². The van der Waals surface area contributed by atoms with Gasteiger partial charge in [-0.3, -0.25) is 4.79 Å². The molecule has 27 heavy (non-hydrogen) atoms. The Kier molecular flexibility index (Phi) is 6.70. The van der Waals surface area contributed by atoms with Gasteiger partial charge in [-0.25, -0.2) is 0 Å². The summed E-state index contributed by atoms with van der Waals surface area (Å²) in [5, 5.41) is 6.35. The van der Waals surface area contributed by atoms with Crippen molar-refractivity contribution in [3.63, 3.8) is 0 Å². The fourth-order valence-electron chi connectivity index (χ4n) is 3.91. The first-order chi connectivity index (χ1) is 12.8. The molecule has 0 fully saturated rings. The van der Waals surface area contributed by atoms with Gasteiger partial charge in [-0.15, -0.1) is 12.4 Å². The van der Waals surface area contributed by atoms with Gasteiger partial charge in [-0.1, -0.05) is 54.1 Å². The zero-order valence-electron chi connectivity index (χ0n) is 15.6. The van der Waals surface area contributed by atoms with E-state index in [0.29, 0.717) is 13.0 Å². The molecule has 0 radical (unpaired) electrons. The highest BCUT2D eigenvalue weighted by molar-refractivity contribution is 5.85. The molecule has 1 heterocycles. The molecule has 0 bridgehead atoms. The van der Waals surface area contributed by atoms with Crippen LogP contribution in [0.3, 0.4) is 0 Å². The van der Waals surface area contributed by atoms with Crippen molar-refractivity contribution in [2.45, 2.75) is 32.1 Å². The Balaban J connectivity index is 0.00000210. The maximum atomic E-state index is 12.1. The van der Waals surface area contributed by atoms with E-state index >= 15 is 0 Å². The molecule has 2 aromatic carbocycles. The van der Waals surface area contributed by atoms with Crippen LogP contribution in [0.15, 0.2) is 54.1 Å². The SMILES string of the molecule is Cl.O=C(CCCc1ccc2c(c1)-c1ccccc1C2)NCC1=CCNCC1. The Labute approximate surface area is 167 Å². The molecule has 4 heteroatoms. The third-order valence-electron chi connectivity index (χ3n) is 5.40. The second kappa shape index (κ2) is 9.20. The van der Waals surface area contributed by atoms with E-state index in [1.165, 1.54) is 33.4 Å². The molecule has 0 saturated carbocycles. The minimum atomic E-state index is 0.